The molecule has 2 rings (SSSR count). The monoisotopic (exact) mass is 234 g/mol. The van der Waals surface area contributed by atoms with Crippen LogP contribution in [0.1, 0.15) is 50.6 Å². The van der Waals surface area contributed by atoms with Crippen molar-refractivity contribution >= 4 is 0 Å². The van der Waals surface area contributed by atoms with Gasteiger partial charge in [0, 0.05) is 17.8 Å². The molecule has 0 amide bonds. The molecule has 1 aliphatic heterocycles. The van der Waals surface area contributed by atoms with Crippen LogP contribution in [0.5, 0.6) is 0 Å². The van der Waals surface area contributed by atoms with Gasteiger partial charge in [0.2, 0.25) is 0 Å². The minimum atomic E-state index is 0.0842. The second kappa shape index (κ2) is 6.01. The van der Waals surface area contributed by atoms with E-state index in [4.69, 9.17) is 0 Å². The molecule has 1 aliphatic rings. The minimum absolute atomic E-state index is 0.0842. The number of likely N-dealkylation sites (tertiary alicyclic amines) is 1. The molecule has 1 N–H and O–H groups in total. The number of pyridine rings is 1. The largest absolute Gasteiger partial charge is 0.329 e. The lowest BCUT2D eigenvalue weighted by Crippen LogP contribution is -2.36. The number of nitrogens with one attached hydrogen (secondary N) is 1. The van der Waals surface area contributed by atoms with Crippen LogP contribution < -0.4 is 5.56 Å². The number of aromatic nitrogens is 1. The molecule has 17 heavy (non-hydrogen) atoms. The number of H-pyrrole nitrogens is 1. The third kappa shape index (κ3) is 2.97. The van der Waals surface area contributed by atoms with Crippen molar-refractivity contribution in [1.82, 2.24) is 9.88 Å². The molecule has 3 nitrogen and oxygen atoms in total. The molecule has 1 fully saturated rings. The lowest BCUT2D eigenvalue weighted by atomic mass is 9.96. The van der Waals surface area contributed by atoms with Crippen LogP contribution in [-0.2, 0) is 0 Å². The van der Waals surface area contributed by atoms with E-state index in [2.05, 4.69) is 16.8 Å². The molecule has 0 bridgehead atoms. The van der Waals surface area contributed by atoms with Gasteiger partial charge in [-0.05, 0) is 38.4 Å². The van der Waals surface area contributed by atoms with Crippen LogP contribution >= 0.6 is 0 Å². The molecule has 1 atom stereocenters. The summed E-state index contributed by atoms with van der Waals surface area (Å²) in [5, 5.41) is 0. The molecule has 1 saturated heterocycles. The highest BCUT2D eigenvalue weighted by atomic mass is 16.1. The first kappa shape index (κ1) is 12.4. The van der Waals surface area contributed by atoms with Gasteiger partial charge in [0.15, 0.2) is 0 Å². The van der Waals surface area contributed by atoms with E-state index in [1.54, 1.807) is 6.20 Å². The molecule has 2 heterocycles. The van der Waals surface area contributed by atoms with Crippen molar-refractivity contribution in [3.63, 3.8) is 0 Å². The maximum absolute atomic E-state index is 11.9. The van der Waals surface area contributed by atoms with Crippen molar-refractivity contribution in [2.45, 2.75) is 45.1 Å². The number of hydrogen-bond donors (Lipinski definition) is 1. The number of hydrogen-bond acceptors (Lipinski definition) is 2. The fourth-order valence-electron chi connectivity index (χ4n) is 2.67. The Kier molecular flexibility index (Phi) is 4.37. The van der Waals surface area contributed by atoms with Gasteiger partial charge in [-0.25, -0.2) is 0 Å². The van der Waals surface area contributed by atoms with Gasteiger partial charge < -0.3 is 4.98 Å². The second-order valence-corrected chi connectivity index (χ2v) is 4.86. The predicted molar refractivity (Wildman–Crippen MR) is 70.1 cm³/mol. The first-order valence-electron chi connectivity index (χ1n) is 6.74. The van der Waals surface area contributed by atoms with Gasteiger partial charge >= 0.3 is 0 Å². The molecular formula is C14H22N2O. The second-order valence-electron chi connectivity index (χ2n) is 4.86. The van der Waals surface area contributed by atoms with Crippen molar-refractivity contribution in [3.05, 3.63) is 34.2 Å². The third-order valence-corrected chi connectivity index (χ3v) is 3.62. The molecule has 0 aliphatic carbocycles. The minimum Gasteiger partial charge on any atom is -0.329 e. The van der Waals surface area contributed by atoms with Crippen LogP contribution in [0.3, 0.4) is 0 Å². The Morgan fingerprint density at radius 1 is 1.47 bits per heavy atom. The standard InChI is InChI=1S/C14H22N2O/c1-2-3-10-16-11-5-4-8-13(16)12-7-6-9-15-14(12)17/h6-7,9,13H,2-5,8,10-11H2,1H3,(H,15,17)/t13-/m1/s1. The Labute approximate surface area is 103 Å². The number of nitrogens with zero attached hydrogens (tertiary/aromatic N) is 1. The first-order chi connectivity index (χ1) is 8.33. The molecule has 1 aromatic rings. The summed E-state index contributed by atoms with van der Waals surface area (Å²) in [4.78, 5) is 17.1. The van der Waals surface area contributed by atoms with Gasteiger partial charge in [0.05, 0.1) is 0 Å². The molecular weight excluding hydrogens is 212 g/mol. The van der Waals surface area contributed by atoms with Crippen LogP contribution in [0.25, 0.3) is 0 Å². The summed E-state index contributed by atoms with van der Waals surface area (Å²) < 4.78 is 0. The fraction of sp³-hybridized carbons (Fsp3) is 0.643. The van der Waals surface area contributed by atoms with E-state index in [9.17, 15) is 4.79 Å². The number of rotatable bonds is 4. The topological polar surface area (TPSA) is 36.1 Å². The van der Waals surface area contributed by atoms with Gasteiger partial charge in [-0.2, -0.15) is 0 Å². The normalized spacial score (nSPS) is 21.6. The van der Waals surface area contributed by atoms with Crippen LogP contribution in [-0.4, -0.2) is 23.0 Å². The molecule has 94 valence electrons. The van der Waals surface area contributed by atoms with E-state index < -0.39 is 0 Å². The summed E-state index contributed by atoms with van der Waals surface area (Å²) in [6.45, 7) is 4.47. The maximum Gasteiger partial charge on any atom is 0.252 e. The molecule has 0 spiro atoms. The van der Waals surface area contributed by atoms with E-state index >= 15 is 0 Å². The van der Waals surface area contributed by atoms with E-state index in [0.29, 0.717) is 6.04 Å². The Hall–Kier alpha value is -1.09. The van der Waals surface area contributed by atoms with Crippen molar-refractivity contribution in [2.75, 3.05) is 13.1 Å². The van der Waals surface area contributed by atoms with E-state index in [0.717, 1.165) is 25.1 Å². The fourth-order valence-corrected chi connectivity index (χ4v) is 2.67. The predicted octanol–water partition coefficient (Wildman–Crippen LogP) is 2.70. The molecule has 3 heteroatoms. The lowest BCUT2D eigenvalue weighted by Gasteiger charge is -2.35. The molecule has 0 unspecified atom stereocenters. The van der Waals surface area contributed by atoms with E-state index in [1.165, 1.54) is 25.7 Å². The van der Waals surface area contributed by atoms with Crippen LogP contribution in [0.15, 0.2) is 23.1 Å². The summed E-state index contributed by atoms with van der Waals surface area (Å²) in [6, 6.07) is 4.25. The van der Waals surface area contributed by atoms with Crippen LogP contribution in [0.2, 0.25) is 0 Å². The number of unbranched alkanes of at least 4 members (excludes halogenated alkanes) is 1. The Bertz CT molecular complexity index is 399. The summed E-state index contributed by atoms with van der Waals surface area (Å²) in [7, 11) is 0. The third-order valence-electron chi connectivity index (χ3n) is 3.62. The Morgan fingerprint density at radius 3 is 3.12 bits per heavy atom. The zero-order valence-electron chi connectivity index (χ0n) is 10.6. The average Bonchev–Trinajstić information content (AvgIpc) is 2.37. The lowest BCUT2D eigenvalue weighted by molar-refractivity contribution is 0.145. The van der Waals surface area contributed by atoms with Crippen molar-refractivity contribution < 1.29 is 0 Å². The molecule has 0 saturated carbocycles. The first-order valence-corrected chi connectivity index (χ1v) is 6.74. The molecule has 0 radical (unpaired) electrons. The van der Waals surface area contributed by atoms with Gasteiger partial charge in [-0.3, -0.25) is 9.69 Å². The zero-order valence-corrected chi connectivity index (χ0v) is 10.6. The van der Waals surface area contributed by atoms with Crippen molar-refractivity contribution in [3.8, 4) is 0 Å². The van der Waals surface area contributed by atoms with Gasteiger partial charge in [0.1, 0.15) is 0 Å². The summed E-state index contributed by atoms with van der Waals surface area (Å²) in [5.74, 6) is 0. The van der Waals surface area contributed by atoms with Crippen molar-refractivity contribution in [1.29, 1.82) is 0 Å². The maximum atomic E-state index is 11.9. The van der Waals surface area contributed by atoms with Gasteiger partial charge in [-0.15, -0.1) is 0 Å². The highest BCUT2D eigenvalue weighted by Crippen LogP contribution is 2.28. The zero-order chi connectivity index (χ0) is 12.1. The van der Waals surface area contributed by atoms with E-state index in [-0.39, 0.29) is 5.56 Å². The van der Waals surface area contributed by atoms with Crippen LogP contribution in [0.4, 0.5) is 0 Å². The average molecular weight is 234 g/mol. The Morgan fingerprint density at radius 2 is 2.35 bits per heavy atom. The number of aromatic amines is 1. The SMILES string of the molecule is CCCCN1CCCC[C@@H]1c1ccc[nH]c1=O. The van der Waals surface area contributed by atoms with Gasteiger partial charge in [-0.1, -0.05) is 25.8 Å². The highest BCUT2D eigenvalue weighted by Gasteiger charge is 2.24. The quantitative estimate of drug-likeness (QED) is 0.869. The molecule has 1 aromatic heterocycles. The summed E-state index contributed by atoms with van der Waals surface area (Å²) in [6.07, 6.45) is 7.78. The smallest absolute Gasteiger partial charge is 0.252 e. The van der Waals surface area contributed by atoms with Crippen LogP contribution in [0, 0.1) is 0 Å². The summed E-state index contributed by atoms with van der Waals surface area (Å²) >= 11 is 0. The number of piperidine rings is 1. The Balaban J connectivity index is 2.16. The van der Waals surface area contributed by atoms with E-state index in [1.807, 2.05) is 12.1 Å². The highest BCUT2D eigenvalue weighted by molar-refractivity contribution is 5.15. The summed E-state index contributed by atoms with van der Waals surface area (Å²) in [5.41, 5.74) is 1.03. The van der Waals surface area contributed by atoms with Gasteiger partial charge in [0.25, 0.3) is 5.56 Å². The molecule has 0 aromatic carbocycles. The van der Waals surface area contributed by atoms with Crippen molar-refractivity contribution in [2.24, 2.45) is 0 Å².